The van der Waals surface area contributed by atoms with Crippen LogP contribution in [0.2, 0.25) is 18.6 Å². The molecule has 0 saturated heterocycles. The van der Waals surface area contributed by atoms with Gasteiger partial charge in [0.1, 0.15) is 0 Å². The summed E-state index contributed by atoms with van der Waals surface area (Å²) in [6.07, 6.45) is 9.70. The van der Waals surface area contributed by atoms with Gasteiger partial charge in [-0.1, -0.05) is 0 Å². The van der Waals surface area contributed by atoms with Gasteiger partial charge in [-0.05, 0) is 0 Å². The summed E-state index contributed by atoms with van der Waals surface area (Å²) < 4.78 is 4.52. The third kappa shape index (κ3) is 7.51. The molecule has 0 rings (SSSR count). The first kappa shape index (κ1) is 23.5. The molecule has 0 fully saturated rings. The van der Waals surface area contributed by atoms with Gasteiger partial charge in [-0.15, -0.1) is 0 Å². The molecule has 0 aromatic rings. The monoisotopic (exact) mass is 512 g/mol. The van der Waals surface area contributed by atoms with Crippen molar-refractivity contribution in [3.63, 3.8) is 0 Å². The second-order valence-corrected chi connectivity index (χ2v) is 34.8. The quantitative estimate of drug-likeness (QED) is 0.261. The Hall–Kier alpha value is 1.28. The number of unbranched alkanes of at least 4 members (excludes halogenated alkanes) is 4. The van der Waals surface area contributed by atoms with Crippen molar-refractivity contribution in [2.75, 3.05) is 0 Å². The summed E-state index contributed by atoms with van der Waals surface area (Å²) in [5.74, 6) is 0. The molecule has 0 amide bonds. The summed E-state index contributed by atoms with van der Waals surface area (Å²) in [4.78, 5) is 0. The average Bonchev–Trinajstić information content (AvgIpc) is 2.41. The van der Waals surface area contributed by atoms with Crippen molar-refractivity contribution in [3.05, 3.63) is 0 Å². The molecule has 0 atom stereocenters. The zero-order valence-electron chi connectivity index (χ0n) is 14.2. The maximum absolute atomic E-state index is 7.51. The fraction of sp³-hybridized carbons (Fsp3) is 1.00. The van der Waals surface area contributed by atoms with Gasteiger partial charge in [0.15, 0.2) is 0 Å². The minimum Gasteiger partial charge on any atom is -0.344 e. The Balaban J connectivity index is 0. The molecule has 4 heteroatoms. The Morgan fingerprint density at radius 2 is 0.750 bits per heavy atom. The first-order valence-electron chi connectivity index (χ1n) is 7.91. The van der Waals surface area contributed by atoms with E-state index >= 15 is 0 Å². The molecule has 0 spiro atoms. The van der Waals surface area contributed by atoms with Crippen LogP contribution in [0.3, 0.4) is 0 Å². The number of rotatable bonds is 12. The standard InChI is InChI=1S/4C4H9.Au.2ClH.H3N/c4*1-3-4-2;;;;/h4*1,3-4H2,2H3;;2*1H;1H3/q;;;;+2;;;/p-2. The number of halogens is 2. The fourth-order valence-corrected chi connectivity index (χ4v) is 22.5. The molecule has 0 unspecified atom stereocenters. The van der Waals surface area contributed by atoms with E-state index < -0.39 is 12.3 Å². The van der Waals surface area contributed by atoms with E-state index in [4.69, 9.17) is 18.4 Å². The van der Waals surface area contributed by atoms with Gasteiger partial charge in [0.25, 0.3) is 0 Å². The van der Waals surface area contributed by atoms with Gasteiger partial charge in [0, 0.05) is 0 Å². The predicted molar refractivity (Wildman–Crippen MR) is 95.6 cm³/mol. The zero-order chi connectivity index (χ0) is 14.9. The zero-order valence-corrected chi connectivity index (χ0v) is 17.9. The van der Waals surface area contributed by atoms with Crippen LogP contribution in [-0.4, -0.2) is 0 Å². The summed E-state index contributed by atoms with van der Waals surface area (Å²) in [7, 11) is 15.0. The van der Waals surface area contributed by atoms with Gasteiger partial charge in [0.05, 0.1) is 0 Å². The number of hydrogen-bond donors (Lipinski definition) is 1. The molecular weight excluding hydrogens is 474 g/mol. The maximum atomic E-state index is 7.51. The van der Waals surface area contributed by atoms with Crippen molar-refractivity contribution in [2.45, 2.75) is 97.6 Å². The van der Waals surface area contributed by atoms with Crippen molar-refractivity contribution in [1.29, 1.82) is 0 Å². The van der Waals surface area contributed by atoms with Crippen LogP contribution in [0.25, 0.3) is 0 Å². The molecule has 0 bridgehead atoms. The summed E-state index contributed by atoms with van der Waals surface area (Å²) >= 11 is -3.67. The molecule has 0 aromatic carbocycles. The van der Waals surface area contributed by atoms with Crippen LogP contribution in [0.5, 0.6) is 0 Å². The Morgan fingerprint density at radius 1 is 0.550 bits per heavy atom. The molecule has 0 aliphatic heterocycles. The number of hydrogen-bond acceptors (Lipinski definition) is 1. The fourth-order valence-electron chi connectivity index (χ4n) is 2.11. The summed E-state index contributed by atoms with van der Waals surface area (Å²) in [5.41, 5.74) is 0. The molecule has 0 aromatic heterocycles. The molecule has 0 heterocycles. The van der Waals surface area contributed by atoms with E-state index in [9.17, 15) is 0 Å². The van der Waals surface area contributed by atoms with Gasteiger partial charge < -0.3 is 6.15 Å². The van der Waals surface area contributed by atoms with E-state index in [1.807, 2.05) is 0 Å². The molecule has 0 aliphatic carbocycles. The minimum absolute atomic E-state index is 0. The van der Waals surface area contributed by atoms with Crippen molar-refractivity contribution in [2.24, 2.45) is 0 Å². The Bertz CT molecular complexity index is 214. The van der Waals surface area contributed by atoms with Gasteiger partial charge in [-0.3, -0.25) is 0 Å². The van der Waals surface area contributed by atoms with E-state index in [0.29, 0.717) is 0 Å². The SMILES string of the molecule is CCC[CH2][Au]([Cl])([Cl])([CH2]CCC)([CH2]CCC)[CH2]CCC.N. The van der Waals surface area contributed by atoms with E-state index in [-0.39, 0.29) is 6.15 Å². The van der Waals surface area contributed by atoms with Crippen LogP contribution in [-0.2, 0) is 12.3 Å². The Morgan fingerprint density at radius 3 is 0.900 bits per heavy atom. The van der Waals surface area contributed by atoms with E-state index in [2.05, 4.69) is 27.7 Å². The van der Waals surface area contributed by atoms with Crippen LogP contribution in [0.4, 0.5) is 0 Å². The van der Waals surface area contributed by atoms with Gasteiger partial charge in [0.2, 0.25) is 0 Å². The maximum Gasteiger partial charge on any atom is -0.344 e. The summed E-state index contributed by atoms with van der Waals surface area (Å²) in [6, 6.07) is 0. The molecule has 0 saturated carbocycles. The van der Waals surface area contributed by atoms with Crippen LogP contribution in [0.1, 0.15) is 79.1 Å². The van der Waals surface area contributed by atoms with Crippen LogP contribution < -0.4 is 6.15 Å². The van der Waals surface area contributed by atoms with Gasteiger partial charge in [-0.25, -0.2) is 0 Å². The molecule has 133 valence electrons. The molecular formula is C16H39AuCl2N. The molecule has 1 nitrogen and oxygen atoms in total. The molecule has 0 radical (unpaired) electrons. The summed E-state index contributed by atoms with van der Waals surface area (Å²) in [6.45, 7) is 9.02. The minimum atomic E-state index is -3.67. The van der Waals surface area contributed by atoms with Crippen LogP contribution >= 0.6 is 18.4 Å². The van der Waals surface area contributed by atoms with Gasteiger partial charge in [-0.2, -0.15) is 0 Å². The van der Waals surface area contributed by atoms with Crippen molar-refractivity contribution in [3.8, 4) is 0 Å². The van der Waals surface area contributed by atoms with E-state index in [0.717, 1.165) is 18.6 Å². The molecule has 20 heavy (non-hydrogen) atoms. The second-order valence-electron chi connectivity index (χ2n) is 5.61. The predicted octanol–water partition coefficient (Wildman–Crippen LogP) is 8.55. The third-order valence-electron chi connectivity index (χ3n) is 3.58. The van der Waals surface area contributed by atoms with E-state index in [1.54, 1.807) is 0 Å². The molecule has 0 aliphatic rings. The van der Waals surface area contributed by atoms with Crippen molar-refractivity contribution in [1.82, 2.24) is 6.15 Å². The van der Waals surface area contributed by atoms with Crippen LogP contribution in [0, 0.1) is 0 Å². The first-order valence-corrected chi connectivity index (χ1v) is 19.4. The first-order chi connectivity index (χ1) is 8.80. The second kappa shape index (κ2) is 9.43. The third-order valence-corrected chi connectivity index (χ3v) is 26.6. The largest absolute Gasteiger partial charge is 0.344 e. The van der Waals surface area contributed by atoms with Crippen LogP contribution in [0.15, 0.2) is 0 Å². The topological polar surface area (TPSA) is 35.0 Å². The Kier molecular flexibility index (Phi) is 11.1. The summed E-state index contributed by atoms with van der Waals surface area (Å²) in [5, 5.41) is 0. The molecule has 3 N–H and O–H groups in total. The van der Waals surface area contributed by atoms with Crippen molar-refractivity contribution >= 4 is 18.4 Å². The normalized spacial score (nSPS) is 15.3. The Labute approximate surface area is 134 Å². The smallest absolute Gasteiger partial charge is 0.344 e. The van der Waals surface area contributed by atoms with Crippen molar-refractivity contribution < 1.29 is 12.3 Å². The average molecular weight is 513 g/mol. The van der Waals surface area contributed by atoms with E-state index in [1.165, 1.54) is 51.4 Å². The van der Waals surface area contributed by atoms with Gasteiger partial charge >= 0.3 is 128 Å².